The third kappa shape index (κ3) is 8.20. The third-order valence-electron chi connectivity index (χ3n) is 6.97. The van der Waals surface area contributed by atoms with Crippen LogP contribution in [0.25, 0.3) is 0 Å². The topological polar surface area (TPSA) is 52.7 Å². The van der Waals surface area contributed by atoms with Gasteiger partial charge in [-0.15, -0.1) is 11.6 Å². The molecule has 1 unspecified atom stereocenters. The van der Waals surface area contributed by atoms with Crippen molar-refractivity contribution >= 4 is 29.1 Å². The van der Waals surface area contributed by atoms with Crippen LogP contribution in [-0.4, -0.2) is 52.7 Å². The van der Waals surface area contributed by atoms with Crippen molar-refractivity contribution in [2.45, 2.75) is 70.8 Å². The Balaban J connectivity index is 1.84. The molecule has 1 heterocycles. The van der Waals surface area contributed by atoms with E-state index in [0.29, 0.717) is 6.04 Å². The Kier molecular flexibility index (Phi) is 10.4. The van der Waals surface area contributed by atoms with Crippen LogP contribution in [0, 0.1) is 0 Å². The Hall–Kier alpha value is -2.58. The van der Waals surface area contributed by atoms with Gasteiger partial charge in [-0.1, -0.05) is 43.7 Å². The molecule has 1 aliphatic heterocycles. The molecule has 2 aromatic rings. The van der Waals surface area contributed by atoms with E-state index in [9.17, 15) is 22.8 Å². The van der Waals surface area contributed by atoms with Crippen LogP contribution in [0.3, 0.4) is 0 Å². The number of hydrogen-bond donors (Lipinski definition) is 1. The Morgan fingerprint density at radius 2 is 1.78 bits per heavy atom. The number of piperidine rings is 1. The van der Waals surface area contributed by atoms with E-state index in [1.54, 1.807) is 4.90 Å². The standard InChI is InChI=1S/C28H35ClF3N3O2/c1-3-7-20(2)34-14-12-25(13-15-34)35(19-22-9-5-4-8-21(22)16-26(36)18-29)27(37)33-24-11-6-10-23(17-24)28(30,31)32/h4-6,8-11,17,20,25H,3,7,12-16,18-19H2,1-2H3,(H,33,37). The van der Waals surface area contributed by atoms with Crippen molar-refractivity contribution < 1.29 is 22.8 Å². The first kappa shape index (κ1) is 29.0. The lowest BCUT2D eigenvalue weighted by atomic mass is 9.98. The van der Waals surface area contributed by atoms with Crippen LogP contribution in [-0.2, 0) is 23.9 Å². The quantitative estimate of drug-likeness (QED) is 0.341. The summed E-state index contributed by atoms with van der Waals surface area (Å²) in [5, 5.41) is 2.68. The zero-order valence-corrected chi connectivity index (χ0v) is 22.1. The van der Waals surface area contributed by atoms with Gasteiger partial charge in [0.25, 0.3) is 0 Å². The SMILES string of the molecule is CCCC(C)N1CCC(N(Cc2ccccc2CC(=O)CCl)C(=O)Nc2cccc(C(F)(F)F)c2)CC1. The number of halogens is 4. The summed E-state index contributed by atoms with van der Waals surface area (Å²) >= 11 is 5.72. The van der Waals surface area contributed by atoms with Crippen molar-refractivity contribution in [2.24, 2.45) is 0 Å². The summed E-state index contributed by atoms with van der Waals surface area (Å²) in [7, 11) is 0. The Labute approximate surface area is 222 Å². The molecule has 1 N–H and O–H groups in total. The third-order valence-corrected chi connectivity index (χ3v) is 7.27. The van der Waals surface area contributed by atoms with Gasteiger partial charge in [0.15, 0.2) is 5.78 Å². The van der Waals surface area contributed by atoms with Crippen molar-refractivity contribution in [3.63, 3.8) is 0 Å². The molecule has 0 radical (unpaired) electrons. The van der Waals surface area contributed by atoms with Crippen molar-refractivity contribution in [1.29, 1.82) is 0 Å². The second kappa shape index (κ2) is 13.3. The predicted octanol–water partition coefficient (Wildman–Crippen LogP) is 6.74. The van der Waals surface area contributed by atoms with Crippen molar-refractivity contribution in [2.75, 3.05) is 24.3 Å². The summed E-state index contributed by atoms with van der Waals surface area (Å²) in [5.74, 6) is -0.213. The van der Waals surface area contributed by atoms with Gasteiger partial charge in [0.2, 0.25) is 0 Å². The molecule has 1 aliphatic rings. The molecular formula is C28H35ClF3N3O2. The van der Waals surface area contributed by atoms with Gasteiger partial charge in [-0.05, 0) is 55.5 Å². The van der Waals surface area contributed by atoms with E-state index in [1.807, 2.05) is 24.3 Å². The highest BCUT2D eigenvalue weighted by Crippen LogP contribution is 2.31. The fraction of sp³-hybridized carbons (Fsp3) is 0.500. The molecule has 1 atom stereocenters. The first-order valence-electron chi connectivity index (χ1n) is 12.8. The van der Waals surface area contributed by atoms with Crippen LogP contribution in [0.1, 0.15) is 56.2 Å². The van der Waals surface area contributed by atoms with Gasteiger partial charge in [-0.3, -0.25) is 4.79 Å². The summed E-state index contributed by atoms with van der Waals surface area (Å²) in [6, 6.07) is 12.0. The van der Waals surface area contributed by atoms with Gasteiger partial charge in [0, 0.05) is 43.8 Å². The zero-order valence-electron chi connectivity index (χ0n) is 21.4. The van der Waals surface area contributed by atoms with Crippen LogP contribution in [0.2, 0.25) is 0 Å². The highest BCUT2D eigenvalue weighted by atomic mass is 35.5. The number of nitrogens with one attached hydrogen (secondary N) is 1. The lowest BCUT2D eigenvalue weighted by Crippen LogP contribution is -2.50. The largest absolute Gasteiger partial charge is 0.416 e. The van der Waals surface area contributed by atoms with E-state index in [1.165, 1.54) is 12.1 Å². The minimum atomic E-state index is -4.50. The maximum Gasteiger partial charge on any atom is 0.416 e. The highest BCUT2D eigenvalue weighted by Gasteiger charge is 2.32. The summed E-state index contributed by atoms with van der Waals surface area (Å²) in [4.78, 5) is 29.7. The number of rotatable bonds is 10. The van der Waals surface area contributed by atoms with E-state index in [-0.39, 0.29) is 36.4 Å². The molecule has 37 heavy (non-hydrogen) atoms. The average molecular weight is 538 g/mol. The van der Waals surface area contributed by atoms with E-state index in [4.69, 9.17) is 11.6 Å². The summed E-state index contributed by atoms with van der Waals surface area (Å²) in [6.45, 7) is 6.30. The molecule has 0 aromatic heterocycles. The number of benzene rings is 2. The normalized spacial score (nSPS) is 15.8. The number of urea groups is 1. The molecule has 0 aliphatic carbocycles. The molecule has 2 aromatic carbocycles. The summed E-state index contributed by atoms with van der Waals surface area (Å²) in [5.41, 5.74) is 0.880. The summed E-state index contributed by atoms with van der Waals surface area (Å²) < 4.78 is 39.6. The fourth-order valence-corrected chi connectivity index (χ4v) is 5.00. The first-order valence-corrected chi connectivity index (χ1v) is 13.3. The molecule has 0 bridgehead atoms. The second-order valence-corrected chi connectivity index (χ2v) is 9.93. The van der Waals surface area contributed by atoms with E-state index in [2.05, 4.69) is 24.1 Å². The molecule has 0 spiro atoms. The van der Waals surface area contributed by atoms with Gasteiger partial charge >= 0.3 is 12.2 Å². The molecule has 9 heteroatoms. The van der Waals surface area contributed by atoms with Gasteiger partial charge in [0.1, 0.15) is 0 Å². The molecule has 2 amide bonds. The maximum absolute atomic E-state index is 13.5. The minimum absolute atomic E-state index is 0.0874. The molecule has 202 valence electrons. The number of ketones is 1. The second-order valence-electron chi connectivity index (χ2n) is 9.66. The Morgan fingerprint density at radius 1 is 1.11 bits per heavy atom. The molecule has 5 nitrogen and oxygen atoms in total. The molecule has 1 fully saturated rings. The number of likely N-dealkylation sites (tertiary alicyclic amines) is 1. The van der Waals surface area contributed by atoms with E-state index < -0.39 is 17.8 Å². The number of hydrogen-bond acceptors (Lipinski definition) is 3. The number of alkyl halides is 4. The molecule has 3 rings (SSSR count). The maximum atomic E-state index is 13.5. The van der Waals surface area contributed by atoms with Crippen molar-refractivity contribution in [1.82, 2.24) is 9.80 Å². The number of anilines is 1. The monoisotopic (exact) mass is 537 g/mol. The number of carbonyl (C=O) groups is 2. The van der Waals surface area contributed by atoms with Gasteiger partial charge < -0.3 is 15.1 Å². The number of amides is 2. The van der Waals surface area contributed by atoms with E-state index in [0.717, 1.165) is 62.0 Å². The number of Topliss-reactive ketones (excluding diaryl/α,β-unsaturated/α-hetero) is 1. The predicted molar refractivity (Wildman–Crippen MR) is 141 cm³/mol. The summed E-state index contributed by atoms with van der Waals surface area (Å²) in [6.07, 6.45) is -0.622. The first-order chi connectivity index (χ1) is 17.6. The van der Waals surface area contributed by atoms with Crippen LogP contribution < -0.4 is 5.32 Å². The number of carbonyl (C=O) groups excluding carboxylic acids is 2. The van der Waals surface area contributed by atoms with Crippen LogP contribution in [0.5, 0.6) is 0 Å². The molecule has 0 saturated carbocycles. The van der Waals surface area contributed by atoms with Crippen molar-refractivity contribution in [3.05, 3.63) is 65.2 Å². The molecule has 1 saturated heterocycles. The fourth-order valence-electron chi connectivity index (χ4n) is 4.90. The van der Waals surface area contributed by atoms with Gasteiger partial charge in [-0.2, -0.15) is 13.2 Å². The van der Waals surface area contributed by atoms with Crippen molar-refractivity contribution in [3.8, 4) is 0 Å². The molecular weight excluding hydrogens is 503 g/mol. The lowest BCUT2D eigenvalue weighted by Gasteiger charge is -2.41. The Morgan fingerprint density at radius 3 is 2.41 bits per heavy atom. The van der Waals surface area contributed by atoms with E-state index >= 15 is 0 Å². The van der Waals surface area contributed by atoms with Gasteiger partial charge in [0.05, 0.1) is 11.4 Å². The van der Waals surface area contributed by atoms with Crippen LogP contribution in [0.15, 0.2) is 48.5 Å². The Bertz CT molecular complexity index is 1050. The van der Waals surface area contributed by atoms with Gasteiger partial charge in [-0.25, -0.2) is 4.79 Å². The highest BCUT2D eigenvalue weighted by molar-refractivity contribution is 6.27. The lowest BCUT2D eigenvalue weighted by molar-refractivity contribution is -0.137. The number of nitrogens with zero attached hydrogens (tertiary/aromatic N) is 2. The minimum Gasteiger partial charge on any atom is -0.317 e. The smallest absolute Gasteiger partial charge is 0.317 e. The van der Waals surface area contributed by atoms with Crippen LogP contribution in [0.4, 0.5) is 23.7 Å². The average Bonchev–Trinajstić information content (AvgIpc) is 2.88. The van der Waals surface area contributed by atoms with Crippen LogP contribution >= 0.6 is 11.6 Å². The zero-order chi connectivity index (χ0) is 27.0.